The lowest BCUT2D eigenvalue weighted by Gasteiger charge is -2.15. The van der Waals surface area contributed by atoms with Crippen molar-refractivity contribution in [2.75, 3.05) is 4.72 Å². The topological polar surface area (TPSA) is 46.2 Å². The average molecular weight is 405 g/mol. The molecule has 23 heavy (non-hydrogen) atoms. The van der Waals surface area contributed by atoms with E-state index in [-0.39, 0.29) is 20.0 Å². The largest absolute Gasteiger partial charge is 0.418 e. The maximum Gasteiger partial charge on any atom is 0.418 e. The Balaban J connectivity index is 2.47. The molecule has 0 aliphatic heterocycles. The highest BCUT2D eigenvalue weighted by Crippen LogP contribution is 2.37. The van der Waals surface area contributed by atoms with Crippen LogP contribution in [0, 0.1) is 0 Å². The molecular formula is C13H7Cl3F3NO2S. The molecule has 2 aromatic carbocycles. The van der Waals surface area contributed by atoms with Crippen molar-refractivity contribution in [1.82, 2.24) is 0 Å². The van der Waals surface area contributed by atoms with Crippen LogP contribution in [0.4, 0.5) is 18.9 Å². The molecule has 3 nitrogen and oxygen atoms in total. The molecule has 0 saturated heterocycles. The Morgan fingerprint density at radius 3 is 2.13 bits per heavy atom. The molecule has 0 aliphatic rings. The lowest BCUT2D eigenvalue weighted by molar-refractivity contribution is -0.136. The number of hydrogen-bond acceptors (Lipinski definition) is 2. The van der Waals surface area contributed by atoms with E-state index in [1.807, 2.05) is 4.72 Å². The van der Waals surface area contributed by atoms with Gasteiger partial charge in [-0.05, 0) is 36.4 Å². The molecule has 124 valence electrons. The highest BCUT2D eigenvalue weighted by Gasteiger charge is 2.35. The molecule has 0 atom stereocenters. The average Bonchev–Trinajstić information content (AvgIpc) is 2.42. The number of sulfonamides is 1. The zero-order valence-electron chi connectivity index (χ0n) is 11.0. The molecule has 0 saturated carbocycles. The van der Waals surface area contributed by atoms with Crippen molar-refractivity contribution >= 4 is 50.5 Å². The van der Waals surface area contributed by atoms with E-state index in [0.717, 1.165) is 24.3 Å². The van der Waals surface area contributed by atoms with Gasteiger partial charge in [-0.1, -0.05) is 34.8 Å². The first-order chi connectivity index (χ1) is 10.5. The minimum absolute atomic E-state index is 0.0401. The van der Waals surface area contributed by atoms with Gasteiger partial charge in [0.15, 0.2) is 0 Å². The minimum Gasteiger partial charge on any atom is -0.279 e. The highest BCUT2D eigenvalue weighted by molar-refractivity contribution is 7.92. The lowest BCUT2D eigenvalue weighted by Crippen LogP contribution is -2.17. The van der Waals surface area contributed by atoms with Gasteiger partial charge in [-0.15, -0.1) is 0 Å². The number of nitrogens with one attached hydrogen (secondary N) is 1. The summed E-state index contributed by atoms with van der Waals surface area (Å²) >= 11 is 16.9. The maximum atomic E-state index is 13.0. The van der Waals surface area contributed by atoms with Gasteiger partial charge in [0.2, 0.25) is 0 Å². The maximum absolute atomic E-state index is 13.0. The smallest absolute Gasteiger partial charge is 0.279 e. The predicted octanol–water partition coefficient (Wildman–Crippen LogP) is 5.47. The first kappa shape index (κ1) is 18.2. The third kappa shape index (κ3) is 4.23. The Morgan fingerprint density at radius 2 is 1.57 bits per heavy atom. The van der Waals surface area contributed by atoms with Gasteiger partial charge in [-0.2, -0.15) is 13.2 Å². The van der Waals surface area contributed by atoms with Gasteiger partial charge >= 0.3 is 6.18 Å². The SMILES string of the molecule is O=S(=O)(Nc1ccc(Cl)cc1C(F)(F)F)c1ccc(Cl)c(Cl)c1. The zero-order valence-corrected chi connectivity index (χ0v) is 14.0. The van der Waals surface area contributed by atoms with Gasteiger partial charge in [-0.25, -0.2) is 8.42 Å². The van der Waals surface area contributed by atoms with Crippen molar-refractivity contribution in [1.29, 1.82) is 0 Å². The van der Waals surface area contributed by atoms with Gasteiger partial charge in [0.05, 0.1) is 26.2 Å². The second-order valence-electron chi connectivity index (χ2n) is 4.37. The van der Waals surface area contributed by atoms with Crippen molar-refractivity contribution < 1.29 is 21.6 Å². The fraction of sp³-hybridized carbons (Fsp3) is 0.0769. The van der Waals surface area contributed by atoms with E-state index in [9.17, 15) is 21.6 Å². The second-order valence-corrected chi connectivity index (χ2v) is 7.30. The van der Waals surface area contributed by atoms with E-state index in [0.29, 0.717) is 6.07 Å². The molecule has 0 aliphatic carbocycles. The molecule has 0 spiro atoms. The summed E-state index contributed by atoms with van der Waals surface area (Å²) in [4.78, 5) is -0.324. The van der Waals surface area contributed by atoms with Gasteiger partial charge in [-0.3, -0.25) is 4.72 Å². The Labute approximate surface area is 145 Å². The molecule has 0 aromatic heterocycles. The van der Waals surface area contributed by atoms with E-state index in [2.05, 4.69) is 0 Å². The third-order valence-corrected chi connectivity index (χ3v) is 5.07. The van der Waals surface area contributed by atoms with Crippen LogP contribution in [0.2, 0.25) is 15.1 Å². The first-order valence-corrected chi connectivity index (χ1v) is 8.47. The summed E-state index contributed by atoms with van der Waals surface area (Å²) in [6.07, 6.45) is -4.78. The molecule has 1 N–H and O–H groups in total. The molecule has 10 heteroatoms. The van der Waals surface area contributed by atoms with Crippen LogP contribution in [0.3, 0.4) is 0 Å². The summed E-state index contributed by atoms with van der Waals surface area (Å²) in [5, 5.41) is -0.0930. The summed E-state index contributed by atoms with van der Waals surface area (Å²) in [5.41, 5.74) is -1.85. The lowest BCUT2D eigenvalue weighted by atomic mass is 10.2. The fourth-order valence-corrected chi connectivity index (χ4v) is 3.33. The molecule has 0 bridgehead atoms. The number of rotatable bonds is 3. The van der Waals surface area contributed by atoms with Crippen LogP contribution in [0.25, 0.3) is 0 Å². The van der Waals surface area contributed by atoms with Crippen LogP contribution in [-0.2, 0) is 16.2 Å². The summed E-state index contributed by atoms with van der Waals surface area (Å²) in [6.45, 7) is 0. The first-order valence-electron chi connectivity index (χ1n) is 5.85. The molecule has 0 unspecified atom stereocenters. The molecule has 0 radical (unpaired) electrons. The number of hydrogen-bond donors (Lipinski definition) is 1. The molecule has 0 heterocycles. The van der Waals surface area contributed by atoms with E-state index in [1.54, 1.807) is 0 Å². The van der Waals surface area contributed by atoms with Crippen molar-refractivity contribution in [3.8, 4) is 0 Å². The van der Waals surface area contributed by atoms with Crippen molar-refractivity contribution in [2.45, 2.75) is 11.1 Å². The highest BCUT2D eigenvalue weighted by atomic mass is 35.5. The molecule has 2 aromatic rings. The standard InChI is InChI=1S/C13H7Cl3F3NO2S/c14-7-1-4-12(9(5-7)13(17,18)19)20-23(21,22)8-2-3-10(15)11(16)6-8/h1-6,20H. The van der Waals surface area contributed by atoms with Gasteiger partial charge in [0, 0.05) is 5.02 Å². The minimum atomic E-state index is -4.78. The monoisotopic (exact) mass is 403 g/mol. The third-order valence-electron chi connectivity index (χ3n) is 2.73. The number of anilines is 1. The number of benzene rings is 2. The van der Waals surface area contributed by atoms with Crippen molar-refractivity contribution in [2.24, 2.45) is 0 Å². The predicted molar refractivity (Wildman–Crippen MR) is 83.7 cm³/mol. The Morgan fingerprint density at radius 1 is 0.913 bits per heavy atom. The summed E-state index contributed by atoms with van der Waals surface area (Å²) < 4.78 is 65.3. The normalized spacial score (nSPS) is 12.3. The molecule has 2 rings (SSSR count). The van der Waals surface area contributed by atoms with Crippen LogP contribution >= 0.6 is 34.8 Å². The summed E-state index contributed by atoms with van der Waals surface area (Å²) in [5.74, 6) is 0. The van der Waals surface area contributed by atoms with Gasteiger partial charge in [0.25, 0.3) is 10.0 Å². The van der Waals surface area contributed by atoms with Gasteiger partial charge < -0.3 is 0 Å². The molecule has 0 amide bonds. The van der Waals surface area contributed by atoms with Crippen LogP contribution in [0.1, 0.15) is 5.56 Å². The molecule has 0 fully saturated rings. The summed E-state index contributed by atoms with van der Waals surface area (Å²) in [7, 11) is -4.28. The van der Waals surface area contributed by atoms with Gasteiger partial charge in [0.1, 0.15) is 0 Å². The van der Waals surface area contributed by atoms with Crippen LogP contribution < -0.4 is 4.72 Å². The zero-order chi connectivity index (χ0) is 17.4. The second kappa shape index (κ2) is 6.39. The van der Waals surface area contributed by atoms with E-state index < -0.39 is 27.5 Å². The van der Waals surface area contributed by atoms with Crippen LogP contribution in [0.15, 0.2) is 41.3 Å². The van der Waals surface area contributed by atoms with Crippen LogP contribution in [0.5, 0.6) is 0 Å². The van der Waals surface area contributed by atoms with E-state index in [4.69, 9.17) is 34.8 Å². The number of alkyl halides is 3. The summed E-state index contributed by atoms with van der Waals surface area (Å²) in [6, 6.07) is 6.10. The fourth-order valence-electron chi connectivity index (χ4n) is 1.69. The quantitative estimate of drug-likeness (QED) is 0.738. The molecular weight excluding hydrogens is 398 g/mol. The van der Waals surface area contributed by atoms with Crippen molar-refractivity contribution in [3.63, 3.8) is 0 Å². The van der Waals surface area contributed by atoms with Crippen LogP contribution in [-0.4, -0.2) is 8.42 Å². The Kier molecular flexibility index (Phi) is 5.06. The Hall–Kier alpha value is -1.15. The number of halogens is 6. The Bertz CT molecular complexity index is 854. The van der Waals surface area contributed by atoms with E-state index >= 15 is 0 Å². The van der Waals surface area contributed by atoms with E-state index in [1.165, 1.54) is 6.07 Å². The van der Waals surface area contributed by atoms with Crippen molar-refractivity contribution in [3.05, 3.63) is 57.0 Å².